The molecule has 0 aromatic carbocycles. The molecule has 80 valence electrons. The molecule has 3 saturated carbocycles. The van der Waals surface area contributed by atoms with Crippen molar-refractivity contribution in [1.82, 2.24) is 5.32 Å². The molecule has 0 radical (unpaired) electrons. The lowest BCUT2D eigenvalue weighted by Gasteiger charge is -2.38. The van der Waals surface area contributed by atoms with Crippen LogP contribution in [-0.2, 0) is 0 Å². The minimum Gasteiger partial charge on any atom is -0.389 e. The normalized spacial score (nSPS) is 43.9. The Morgan fingerprint density at radius 2 is 2.07 bits per heavy atom. The van der Waals surface area contributed by atoms with Crippen LogP contribution in [0.15, 0.2) is 0 Å². The number of fused-ring (bicyclic) bond motifs is 2. The van der Waals surface area contributed by atoms with E-state index >= 15 is 0 Å². The van der Waals surface area contributed by atoms with E-state index in [1.165, 1.54) is 32.1 Å². The molecule has 0 spiro atoms. The monoisotopic (exact) mass is 195 g/mol. The minimum atomic E-state index is -0.332. The van der Waals surface area contributed by atoms with Gasteiger partial charge in [-0.15, -0.1) is 0 Å². The van der Waals surface area contributed by atoms with E-state index in [4.69, 9.17) is 0 Å². The van der Waals surface area contributed by atoms with Gasteiger partial charge in [-0.1, -0.05) is 6.42 Å². The van der Waals surface area contributed by atoms with Gasteiger partial charge < -0.3 is 10.4 Å². The second-order valence-electron chi connectivity index (χ2n) is 5.74. The maximum atomic E-state index is 9.98. The maximum Gasteiger partial charge on any atom is 0.0771 e. The molecule has 2 nitrogen and oxygen atoms in total. The molecule has 3 rings (SSSR count). The Balaban J connectivity index is 1.49. The average Bonchev–Trinajstić information content (AvgIpc) is 2.72. The smallest absolute Gasteiger partial charge is 0.0771 e. The van der Waals surface area contributed by atoms with Crippen molar-refractivity contribution in [3.63, 3.8) is 0 Å². The Hall–Kier alpha value is -0.0800. The highest BCUT2D eigenvalue weighted by atomic mass is 16.3. The summed E-state index contributed by atoms with van der Waals surface area (Å²) in [6, 6.07) is 0.735. The van der Waals surface area contributed by atoms with Crippen LogP contribution in [0.2, 0.25) is 0 Å². The molecular weight excluding hydrogens is 174 g/mol. The molecule has 3 atom stereocenters. The van der Waals surface area contributed by atoms with E-state index in [1.54, 1.807) is 0 Å². The average molecular weight is 195 g/mol. The van der Waals surface area contributed by atoms with E-state index < -0.39 is 0 Å². The summed E-state index contributed by atoms with van der Waals surface area (Å²) in [6.45, 7) is 0.848. The lowest BCUT2D eigenvalue weighted by Crippen LogP contribution is -2.49. The van der Waals surface area contributed by atoms with Crippen LogP contribution in [0.3, 0.4) is 0 Å². The van der Waals surface area contributed by atoms with Crippen LogP contribution >= 0.6 is 0 Å². The molecule has 14 heavy (non-hydrogen) atoms. The molecule has 3 aliphatic rings. The third-order valence-electron chi connectivity index (χ3n) is 4.72. The molecule has 0 heterocycles. The Morgan fingerprint density at radius 3 is 2.57 bits per heavy atom. The zero-order chi connectivity index (χ0) is 9.60. The molecule has 3 unspecified atom stereocenters. The lowest BCUT2D eigenvalue weighted by atomic mass is 9.80. The summed E-state index contributed by atoms with van der Waals surface area (Å²) >= 11 is 0. The van der Waals surface area contributed by atoms with Crippen LogP contribution in [0.25, 0.3) is 0 Å². The van der Waals surface area contributed by atoms with Gasteiger partial charge in [0, 0.05) is 12.6 Å². The third-order valence-corrected chi connectivity index (χ3v) is 4.72. The van der Waals surface area contributed by atoms with Gasteiger partial charge >= 0.3 is 0 Å². The fourth-order valence-electron chi connectivity index (χ4n) is 3.58. The van der Waals surface area contributed by atoms with Crippen LogP contribution in [0.5, 0.6) is 0 Å². The van der Waals surface area contributed by atoms with Crippen molar-refractivity contribution in [2.75, 3.05) is 6.54 Å². The molecule has 3 aliphatic carbocycles. The van der Waals surface area contributed by atoms with Gasteiger partial charge in [0.05, 0.1) is 5.60 Å². The number of nitrogens with one attached hydrogen (secondary N) is 1. The largest absolute Gasteiger partial charge is 0.389 e. The predicted octanol–water partition coefficient (Wildman–Crippen LogP) is 1.68. The molecule has 2 bridgehead atoms. The highest BCUT2D eigenvalue weighted by molar-refractivity contribution is 4.97. The standard InChI is InChI=1S/C12H21NO/c14-12(4-1-5-12)8-13-11-7-9-2-3-10(11)6-9/h9-11,13-14H,1-8H2. The first-order valence-corrected chi connectivity index (χ1v) is 6.21. The second-order valence-corrected chi connectivity index (χ2v) is 5.74. The first-order chi connectivity index (χ1) is 6.75. The van der Waals surface area contributed by atoms with Crippen LogP contribution in [0, 0.1) is 11.8 Å². The van der Waals surface area contributed by atoms with Gasteiger partial charge in [0.25, 0.3) is 0 Å². The van der Waals surface area contributed by atoms with Gasteiger partial charge in [0.2, 0.25) is 0 Å². The van der Waals surface area contributed by atoms with Gasteiger partial charge in [-0.25, -0.2) is 0 Å². The van der Waals surface area contributed by atoms with Crippen LogP contribution < -0.4 is 5.32 Å². The molecule has 2 heteroatoms. The summed E-state index contributed by atoms with van der Waals surface area (Å²) in [4.78, 5) is 0. The summed E-state index contributed by atoms with van der Waals surface area (Å²) in [5.74, 6) is 1.94. The molecule has 0 aromatic rings. The van der Waals surface area contributed by atoms with Crippen molar-refractivity contribution in [3.8, 4) is 0 Å². The van der Waals surface area contributed by atoms with E-state index in [2.05, 4.69) is 5.32 Å². The van der Waals surface area contributed by atoms with E-state index in [1.807, 2.05) is 0 Å². The summed E-state index contributed by atoms with van der Waals surface area (Å²) < 4.78 is 0. The summed E-state index contributed by atoms with van der Waals surface area (Å²) in [6.07, 6.45) is 8.97. The van der Waals surface area contributed by atoms with Gasteiger partial charge in [0.1, 0.15) is 0 Å². The minimum absolute atomic E-state index is 0.332. The zero-order valence-electron chi connectivity index (χ0n) is 8.84. The third kappa shape index (κ3) is 1.49. The highest BCUT2D eigenvalue weighted by Gasteiger charge is 2.41. The topological polar surface area (TPSA) is 32.3 Å². The number of aliphatic hydroxyl groups is 1. The summed E-state index contributed by atoms with van der Waals surface area (Å²) in [5.41, 5.74) is -0.332. The Labute approximate surface area is 86.1 Å². The summed E-state index contributed by atoms with van der Waals surface area (Å²) in [5, 5.41) is 13.6. The quantitative estimate of drug-likeness (QED) is 0.718. The van der Waals surface area contributed by atoms with E-state index in [9.17, 15) is 5.11 Å². The maximum absolute atomic E-state index is 9.98. The van der Waals surface area contributed by atoms with Gasteiger partial charge in [0.15, 0.2) is 0 Å². The molecule has 3 fully saturated rings. The lowest BCUT2D eigenvalue weighted by molar-refractivity contribution is -0.0343. The van der Waals surface area contributed by atoms with Crippen molar-refractivity contribution in [2.24, 2.45) is 11.8 Å². The highest BCUT2D eigenvalue weighted by Crippen LogP contribution is 2.44. The molecule has 0 aliphatic heterocycles. The molecule has 0 saturated heterocycles. The Kier molecular flexibility index (Phi) is 2.10. The first-order valence-electron chi connectivity index (χ1n) is 6.21. The van der Waals surface area contributed by atoms with E-state index in [-0.39, 0.29) is 5.60 Å². The van der Waals surface area contributed by atoms with Crippen molar-refractivity contribution < 1.29 is 5.11 Å². The number of hydrogen-bond acceptors (Lipinski definition) is 2. The van der Waals surface area contributed by atoms with Gasteiger partial charge in [-0.2, -0.15) is 0 Å². The first kappa shape index (κ1) is 9.17. The van der Waals surface area contributed by atoms with Crippen molar-refractivity contribution >= 4 is 0 Å². The molecule has 2 N–H and O–H groups in total. The van der Waals surface area contributed by atoms with Gasteiger partial charge in [-0.3, -0.25) is 0 Å². The van der Waals surface area contributed by atoms with Crippen molar-refractivity contribution in [1.29, 1.82) is 0 Å². The Bertz CT molecular complexity index is 224. The molecule has 0 amide bonds. The van der Waals surface area contributed by atoms with Crippen LogP contribution in [0.1, 0.15) is 44.9 Å². The molecular formula is C12H21NO. The predicted molar refractivity (Wildman–Crippen MR) is 56.0 cm³/mol. The fourth-order valence-corrected chi connectivity index (χ4v) is 3.58. The second kappa shape index (κ2) is 3.21. The van der Waals surface area contributed by atoms with Crippen molar-refractivity contribution in [2.45, 2.75) is 56.6 Å². The van der Waals surface area contributed by atoms with Crippen molar-refractivity contribution in [3.05, 3.63) is 0 Å². The van der Waals surface area contributed by atoms with Crippen LogP contribution in [0.4, 0.5) is 0 Å². The number of hydrogen-bond donors (Lipinski definition) is 2. The molecule has 0 aromatic heterocycles. The number of rotatable bonds is 3. The Morgan fingerprint density at radius 1 is 1.21 bits per heavy atom. The van der Waals surface area contributed by atoms with Gasteiger partial charge in [-0.05, 0) is 50.4 Å². The van der Waals surface area contributed by atoms with E-state index in [0.29, 0.717) is 0 Å². The van der Waals surface area contributed by atoms with Crippen LogP contribution in [-0.4, -0.2) is 23.3 Å². The fraction of sp³-hybridized carbons (Fsp3) is 1.00. The zero-order valence-corrected chi connectivity index (χ0v) is 8.84. The van der Waals surface area contributed by atoms with E-state index in [0.717, 1.165) is 37.3 Å². The summed E-state index contributed by atoms with van der Waals surface area (Å²) in [7, 11) is 0. The SMILES string of the molecule is OC1(CNC2CC3CCC2C3)CCC1.